The molecule has 0 aliphatic rings. The van der Waals surface area contributed by atoms with Crippen LogP contribution in [-0.4, -0.2) is 13.1 Å². The summed E-state index contributed by atoms with van der Waals surface area (Å²) in [6.45, 7) is 6.46. The van der Waals surface area contributed by atoms with E-state index in [2.05, 4.69) is 19.2 Å². The zero-order chi connectivity index (χ0) is 12.7. The predicted octanol–water partition coefficient (Wildman–Crippen LogP) is 4.05. The summed E-state index contributed by atoms with van der Waals surface area (Å²) in [4.78, 5) is 0. The van der Waals surface area contributed by atoms with Crippen LogP contribution in [0.5, 0.6) is 0 Å². The van der Waals surface area contributed by atoms with Crippen molar-refractivity contribution in [3.63, 3.8) is 0 Å². The number of hydrogen-bond acceptors (Lipinski definition) is 1. The number of benzene rings is 1. The van der Waals surface area contributed by atoms with Crippen LogP contribution < -0.4 is 5.32 Å². The largest absolute Gasteiger partial charge is 0.316 e. The molecule has 0 saturated carbocycles. The Morgan fingerprint density at radius 1 is 1.29 bits per heavy atom. The maximum Gasteiger partial charge on any atom is 0.123 e. The third-order valence-corrected chi connectivity index (χ3v) is 2.98. The molecule has 1 aromatic carbocycles. The van der Waals surface area contributed by atoms with E-state index in [4.69, 9.17) is 11.6 Å². The molecule has 1 N–H and O–H groups in total. The Balaban J connectivity index is 2.20. The molecule has 0 heterocycles. The highest BCUT2D eigenvalue weighted by atomic mass is 35.5. The summed E-state index contributed by atoms with van der Waals surface area (Å²) in [5.74, 6) is 0.481. The lowest BCUT2D eigenvalue weighted by atomic mass is 10.1. The van der Waals surface area contributed by atoms with Gasteiger partial charge in [0.2, 0.25) is 0 Å². The van der Waals surface area contributed by atoms with Crippen LogP contribution in [-0.2, 0) is 6.42 Å². The Hall–Kier alpha value is -0.600. The number of nitrogens with one attached hydrogen (secondary N) is 1. The van der Waals surface area contributed by atoms with Crippen molar-refractivity contribution in [3.05, 3.63) is 34.6 Å². The van der Waals surface area contributed by atoms with E-state index in [1.165, 1.54) is 12.1 Å². The van der Waals surface area contributed by atoms with Gasteiger partial charge in [0, 0.05) is 5.02 Å². The first-order chi connectivity index (χ1) is 8.09. The van der Waals surface area contributed by atoms with Gasteiger partial charge in [0.05, 0.1) is 0 Å². The van der Waals surface area contributed by atoms with E-state index in [0.29, 0.717) is 10.9 Å². The topological polar surface area (TPSA) is 12.0 Å². The van der Waals surface area contributed by atoms with Gasteiger partial charge in [0.15, 0.2) is 0 Å². The van der Waals surface area contributed by atoms with Crippen LogP contribution >= 0.6 is 11.6 Å². The minimum Gasteiger partial charge on any atom is -0.316 e. The van der Waals surface area contributed by atoms with Crippen molar-refractivity contribution in [1.29, 1.82) is 0 Å². The molecule has 0 bridgehead atoms. The van der Waals surface area contributed by atoms with Crippen LogP contribution in [0.1, 0.15) is 32.3 Å². The smallest absolute Gasteiger partial charge is 0.123 e. The molecule has 1 nitrogen and oxygen atoms in total. The van der Waals surface area contributed by atoms with Gasteiger partial charge in [-0.05, 0) is 62.0 Å². The average molecular weight is 258 g/mol. The van der Waals surface area contributed by atoms with Crippen LogP contribution in [0.15, 0.2) is 18.2 Å². The summed E-state index contributed by atoms with van der Waals surface area (Å²) in [5, 5.41) is 4.06. The summed E-state index contributed by atoms with van der Waals surface area (Å²) in [6.07, 6.45) is 2.98. The first kappa shape index (κ1) is 14.5. The van der Waals surface area contributed by atoms with E-state index in [1.807, 2.05) is 0 Å². The van der Waals surface area contributed by atoms with Crippen molar-refractivity contribution < 1.29 is 4.39 Å². The Labute approximate surface area is 108 Å². The van der Waals surface area contributed by atoms with Crippen LogP contribution in [0.25, 0.3) is 0 Å². The Bertz CT molecular complexity index is 339. The highest BCUT2D eigenvalue weighted by molar-refractivity contribution is 6.31. The molecule has 0 aliphatic heterocycles. The Morgan fingerprint density at radius 3 is 2.76 bits per heavy atom. The molecular formula is C14H21ClFN. The fraction of sp³-hybridized carbons (Fsp3) is 0.571. The maximum atomic E-state index is 13.0. The van der Waals surface area contributed by atoms with Crippen molar-refractivity contribution in [1.82, 2.24) is 5.32 Å². The van der Waals surface area contributed by atoms with Gasteiger partial charge in [0.25, 0.3) is 0 Å². The average Bonchev–Trinajstić information content (AvgIpc) is 2.27. The minimum atomic E-state index is -0.206. The van der Waals surface area contributed by atoms with E-state index in [-0.39, 0.29) is 5.82 Å². The van der Waals surface area contributed by atoms with E-state index in [0.717, 1.165) is 37.9 Å². The molecule has 0 spiro atoms. The zero-order valence-electron chi connectivity index (χ0n) is 10.6. The molecule has 0 atom stereocenters. The molecule has 17 heavy (non-hydrogen) atoms. The summed E-state index contributed by atoms with van der Waals surface area (Å²) >= 11 is 6.00. The fourth-order valence-corrected chi connectivity index (χ4v) is 1.90. The Kier molecular flexibility index (Phi) is 6.53. The van der Waals surface area contributed by atoms with E-state index < -0.39 is 0 Å². The van der Waals surface area contributed by atoms with E-state index in [1.54, 1.807) is 6.07 Å². The summed E-state index contributed by atoms with van der Waals surface area (Å²) in [6, 6.07) is 4.56. The molecule has 0 fully saturated rings. The molecule has 96 valence electrons. The molecule has 1 aromatic rings. The molecule has 1 rings (SSSR count). The van der Waals surface area contributed by atoms with Crippen molar-refractivity contribution in [2.24, 2.45) is 5.92 Å². The van der Waals surface area contributed by atoms with Crippen molar-refractivity contribution >= 4 is 11.6 Å². The van der Waals surface area contributed by atoms with Gasteiger partial charge >= 0.3 is 0 Å². The second kappa shape index (κ2) is 7.67. The standard InChI is InChI=1S/C14H21ClFN/c1-11(2)10-17-8-4-3-5-12-9-13(16)6-7-14(12)15/h6-7,9,11,17H,3-5,8,10H2,1-2H3. The first-order valence-corrected chi connectivity index (χ1v) is 6.62. The number of unbranched alkanes of at least 4 members (excludes halogenated alkanes) is 1. The van der Waals surface area contributed by atoms with E-state index in [9.17, 15) is 4.39 Å². The third-order valence-electron chi connectivity index (χ3n) is 2.61. The van der Waals surface area contributed by atoms with Crippen molar-refractivity contribution in [2.75, 3.05) is 13.1 Å². The van der Waals surface area contributed by atoms with Gasteiger partial charge in [0.1, 0.15) is 5.82 Å². The van der Waals surface area contributed by atoms with Crippen molar-refractivity contribution in [2.45, 2.75) is 33.1 Å². The summed E-state index contributed by atoms with van der Waals surface area (Å²) in [5.41, 5.74) is 0.913. The molecule has 0 saturated heterocycles. The monoisotopic (exact) mass is 257 g/mol. The molecule has 0 radical (unpaired) electrons. The lowest BCUT2D eigenvalue weighted by Crippen LogP contribution is -2.20. The maximum absolute atomic E-state index is 13.0. The molecule has 0 aliphatic carbocycles. The first-order valence-electron chi connectivity index (χ1n) is 6.24. The quantitative estimate of drug-likeness (QED) is 0.727. The lowest BCUT2D eigenvalue weighted by molar-refractivity contribution is 0.535. The SMILES string of the molecule is CC(C)CNCCCCc1cc(F)ccc1Cl. The zero-order valence-corrected chi connectivity index (χ0v) is 11.4. The van der Waals surface area contributed by atoms with Gasteiger partial charge in [-0.3, -0.25) is 0 Å². The number of rotatable bonds is 7. The van der Waals surface area contributed by atoms with Gasteiger partial charge in [-0.25, -0.2) is 4.39 Å². The highest BCUT2D eigenvalue weighted by Crippen LogP contribution is 2.18. The number of halogens is 2. The predicted molar refractivity (Wildman–Crippen MR) is 72.1 cm³/mol. The fourth-order valence-electron chi connectivity index (χ4n) is 1.69. The second-order valence-electron chi connectivity index (χ2n) is 4.79. The second-order valence-corrected chi connectivity index (χ2v) is 5.20. The van der Waals surface area contributed by atoms with Gasteiger partial charge in [-0.1, -0.05) is 25.4 Å². The normalized spacial score (nSPS) is 11.1. The molecule has 0 unspecified atom stereocenters. The van der Waals surface area contributed by atoms with Crippen molar-refractivity contribution in [3.8, 4) is 0 Å². The molecular weight excluding hydrogens is 237 g/mol. The highest BCUT2D eigenvalue weighted by Gasteiger charge is 2.02. The number of aryl methyl sites for hydroxylation is 1. The number of hydrogen-bond donors (Lipinski definition) is 1. The summed E-state index contributed by atoms with van der Waals surface area (Å²) in [7, 11) is 0. The van der Waals surface area contributed by atoms with Crippen LogP contribution in [0, 0.1) is 11.7 Å². The van der Waals surface area contributed by atoms with Gasteiger partial charge in [-0.2, -0.15) is 0 Å². The Morgan fingerprint density at radius 2 is 2.06 bits per heavy atom. The lowest BCUT2D eigenvalue weighted by Gasteiger charge is -2.07. The van der Waals surface area contributed by atoms with Gasteiger partial charge in [-0.15, -0.1) is 0 Å². The third kappa shape index (κ3) is 6.04. The molecule has 0 amide bonds. The van der Waals surface area contributed by atoms with Crippen LogP contribution in [0.3, 0.4) is 0 Å². The molecule has 3 heteroatoms. The van der Waals surface area contributed by atoms with Gasteiger partial charge < -0.3 is 5.32 Å². The summed E-state index contributed by atoms with van der Waals surface area (Å²) < 4.78 is 13.0. The molecule has 0 aromatic heterocycles. The minimum absolute atomic E-state index is 0.206. The van der Waals surface area contributed by atoms with E-state index >= 15 is 0 Å². The van der Waals surface area contributed by atoms with Crippen LogP contribution in [0.2, 0.25) is 5.02 Å². The van der Waals surface area contributed by atoms with Crippen LogP contribution in [0.4, 0.5) is 4.39 Å².